The van der Waals surface area contributed by atoms with Crippen LogP contribution in [-0.2, 0) is 24.4 Å². The maximum atomic E-state index is 13.8. The van der Waals surface area contributed by atoms with Gasteiger partial charge < -0.3 is 21.4 Å². The van der Waals surface area contributed by atoms with Gasteiger partial charge in [-0.1, -0.05) is 52.7 Å². The van der Waals surface area contributed by atoms with Gasteiger partial charge in [-0.2, -0.15) is 5.10 Å². The summed E-state index contributed by atoms with van der Waals surface area (Å²) in [6.45, 7) is 1.28. The Morgan fingerprint density at radius 1 is 1.15 bits per heavy atom. The Hall–Kier alpha value is -5.77. The number of amides is 1. The molecule has 1 unspecified atom stereocenters. The second-order valence-electron chi connectivity index (χ2n) is 9.34. The van der Waals surface area contributed by atoms with Crippen molar-refractivity contribution in [2.24, 2.45) is 10.2 Å². The van der Waals surface area contributed by atoms with Crippen LogP contribution in [0.15, 0.2) is 88.9 Å². The lowest BCUT2D eigenvalue weighted by Gasteiger charge is -2.28. The molecule has 2 aromatic carbocycles. The first kappa shape index (κ1) is 26.8. The van der Waals surface area contributed by atoms with E-state index in [1.807, 2.05) is 66.9 Å². The van der Waals surface area contributed by atoms with E-state index in [1.165, 1.54) is 6.21 Å². The van der Waals surface area contributed by atoms with Crippen LogP contribution < -0.4 is 16.0 Å². The van der Waals surface area contributed by atoms with Crippen LogP contribution in [0.5, 0.6) is 0 Å². The molecule has 0 spiro atoms. The van der Waals surface area contributed by atoms with Crippen molar-refractivity contribution in [3.05, 3.63) is 127 Å². The molecule has 0 bridgehead atoms. The smallest absolute Gasteiger partial charge is 0.256 e. The summed E-state index contributed by atoms with van der Waals surface area (Å²) in [7, 11) is 0. The minimum Gasteiger partial charge on any atom is -0.387 e. The van der Waals surface area contributed by atoms with Gasteiger partial charge in [0.25, 0.3) is 5.91 Å². The molecular weight excluding hydrogens is 520 g/mol. The maximum Gasteiger partial charge on any atom is 0.256 e. The van der Waals surface area contributed by atoms with Crippen LogP contribution >= 0.6 is 0 Å². The van der Waals surface area contributed by atoms with E-state index in [9.17, 15) is 4.79 Å². The number of dihydropyridines is 1. The van der Waals surface area contributed by atoms with Crippen LogP contribution in [0.3, 0.4) is 0 Å². The number of hydrogen-bond acceptors (Lipinski definition) is 7. The fraction of sp³-hybridized carbons (Fsp3) is 0.179. The molecule has 0 fully saturated rings. The number of nitrogens with one attached hydrogen (secondary N) is 4. The lowest BCUT2D eigenvalue weighted by Crippen LogP contribution is -2.29. The third-order valence-corrected chi connectivity index (χ3v) is 6.61. The lowest BCUT2D eigenvalue weighted by atomic mass is 9.91. The highest BCUT2D eigenvalue weighted by molar-refractivity contribution is 6.27. The molecule has 0 saturated heterocycles. The van der Waals surface area contributed by atoms with Crippen LogP contribution in [0, 0.1) is 5.41 Å². The van der Waals surface area contributed by atoms with Crippen molar-refractivity contribution in [3.8, 4) is 0 Å². The zero-order valence-corrected chi connectivity index (χ0v) is 21.9. The molecule has 3 aromatic rings. The summed E-state index contributed by atoms with van der Waals surface area (Å²) >= 11 is 0. The van der Waals surface area contributed by atoms with E-state index in [0.717, 1.165) is 34.5 Å². The SMILES string of the molecule is [N-]=[N+]=NCc1ccc2c(c1)C(C(=O)Nc1cn(Cc3ccc(C=N)cc3)nc1CN=[N+]=[N-])=CC(C1=CNCC=C1)N2. The van der Waals surface area contributed by atoms with Gasteiger partial charge in [0.2, 0.25) is 0 Å². The number of carbonyl (C=O) groups excluding carboxylic acids is 1. The molecule has 3 heterocycles. The van der Waals surface area contributed by atoms with Gasteiger partial charge in [-0.25, -0.2) is 0 Å². The van der Waals surface area contributed by atoms with Crippen LogP contribution in [0.25, 0.3) is 26.5 Å². The zero-order valence-electron chi connectivity index (χ0n) is 21.9. The molecule has 13 nitrogen and oxygen atoms in total. The fourth-order valence-corrected chi connectivity index (χ4v) is 4.63. The number of hydrogen-bond donors (Lipinski definition) is 4. The van der Waals surface area contributed by atoms with Gasteiger partial charge in [0.1, 0.15) is 0 Å². The van der Waals surface area contributed by atoms with Gasteiger partial charge >= 0.3 is 0 Å². The van der Waals surface area contributed by atoms with Crippen molar-refractivity contribution in [2.45, 2.75) is 25.7 Å². The number of anilines is 2. The van der Waals surface area contributed by atoms with Gasteiger partial charge in [0.05, 0.1) is 37.1 Å². The molecule has 13 heteroatoms. The zero-order chi connectivity index (χ0) is 28.6. The van der Waals surface area contributed by atoms with E-state index in [-0.39, 0.29) is 25.0 Å². The second kappa shape index (κ2) is 12.4. The Bertz CT molecular complexity index is 1670. The van der Waals surface area contributed by atoms with Gasteiger partial charge in [0.15, 0.2) is 0 Å². The van der Waals surface area contributed by atoms with Gasteiger partial charge in [-0.05, 0) is 51.5 Å². The standard InChI is InChI=1S/C28H26N12O/c29-12-18-3-5-19(6-4-18)16-40-17-27(26(37-40)15-34-39-31)36-28(41)23-11-25(21-2-1-9-32-14-21)35-24-8-7-20(10-22(23)24)13-33-38-30/h1-8,10-12,14,17,25,29,32,35H,9,13,15-16H2,(H,36,41). The third-order valence-electron chi connectivity index (χ3n) is 6.61. The van der Waals surface area contributed by atoms with E-state index < -0.39 is 0 Å². The van der Waals surface area contributed by atoms with Crippen LogP contribution in [-0.4, -0.2) is 34.5 Å². The van der Waals surface area contributed by atoms with Crippen LogP contribution in [0.2, 0.25) is 0 Å². The molecule has 2 aliphatic rings. The molecule has 5 rings (SSSR count). The molecule has 1 atom stereocenters. The Kier molecular flexibility index (Phi) is 8.11. The van der Waals surface area contributed by atoms with E-state index >= 15 is 0 Å². The normalized spacial score (nSPS) is 15.1. The second-order valence-corrected chi connectivity index (χ2v) is 9.34. The number of azide groups is 2. The Balaban J connectivity index is 1.47. The summed E-state index contributed by atoms with van der Waals surface area (Å²) in [5, 5.41) is 28.9. The molecule has 1 amide bonds. The van der Waals surface area contributed by atoms with Crippen molar-refractivity contribution in [1.29, 1.82) is 5.41 Å². The Morgan fingerprint density at radius 2 is 1.93 bits per heavy atom. The predicted octanol–water partition coefficient (Wildman–Crippen LogP) is 5.41. The molecular formula is C28H26N12O. The number of rotatable bonds is 10. The lowest BCUT2D eigenvalue weighted by molar-refractivity contribution is -0.111. The first-order chi connectivity index (χ1) is 20.1. The first-order valence-electron chi connectivity index (χ1n) is 12.8. The van der Waals surface area contributed by atoms with Gasteiger partial charge in [-0.3, -0.25) is 9.48 Å². The quantitative estimate of drug-likeness (QED) is 0.114. The molecule has 41 heavy (non-hydrogen) atoms. The molecule has 0 radical (unpaired) electrons. The van der Waals surface area contributed by atoms with Crippen LogP contribution in [0.1, 0.15) is 27.9 Å². The van der Waals surface area contributed by atoms with Gasteiger partial charge in [-0.15, -0.1) is 0 Å². The molecule has 4 N–H and O–H groups in total. The summed E-state index contributed by atoms with van der Waals surface area (Å²) in [5.74, 6) is -0.357. The average molecular weight is 547 g/mol. The van der Waals surface area contributed by atoms with Crippen molar-refractivity contribution in [1.82, 2.24) is 15.1 Å². The molecule has 1 aromatic heterocycles. The van der Waals surface area contributed by atoms with Crippen LogP contribution in [0.4, 0.5) is 11.4 Å². The summed E-state index contributed by atoms with van der Waals surface area (Å²) < 4.78 is 1.67. The Morgan fingerprint density at radius 3 is 2.66 bits per heavy atom. The van der Waals surface area contributed by atoms with Gasteiger partial charge in [0, 0.05) is 51.8 Å². The third kappa shape index (κ3) is 6.28. The molecule has 2 aliphatic heterocycles. The first-order valence-corrected chi connectivity index (χ1v) is 12.8. The van der Waals surface area contributed by atoms with Crippen molar-refractivity contribution in [2.75, 3.05) is 17.2 Å². The number of aromatic nitrogens is 2. The van der Waals surface area contributed by atoms with E-state index in [4.69, 9.17) is 16.5 Å². The van der Waals surface area contributed by atoms with E-state index in [2.05, 4.69) is 41.1 Å². The topological polar surface area (TPSA) is 192 Å². The van der Waals surface area contributed by atoms with E-state index in [0.29, 0.717) is 29.1 Å². The average Bonchev–Trinajstić information content (AvgIpc) is 3.39. The largest absolute Gasteiger partial charge is 0.387 e. The summed E-state index contributed by atoms with van der Waals surface area (Å²) in [6.07, 6.45) is 10.8. The summed E-state index contributed by atoms with van der Waals surface area (Å²) in [4.78, 5) is 19.5. The predicted molar refractivity (Wildman–Crippen MR) is 157 cm³/mol. The number of fused-ring (bicyclic) bond motifs is 1. The molecule has 204 valence electrons. The van der Waals surface area contributed by atoms with E-state index in [1.54, 1.807) is 10.9 Å². The monoisotopic (exact) mass is 546 g/mol. The Labute approximate surface area is 235 Å². The highest BCUT2D eigenvalue weighted by Gasteiger charge is 2.26. The van der Waals surface area contributed by atoms with Crippen molar-refractivity contribution in [3.63, 3.8) is 0 Å². The van der Waals surface area contributed by atoms with Crippen molar-refractivity contribution >= 4 is 29.1 Å². The minimum atomic E-state index is -0.357. The molecule has 0 aliphatic carbocycles. The summed E-state index contributed by atoms with van der Waals surface area (Å²) in [5.41, 5.74) is 23.9. The number of carbonyl (C=O) groups is 1. The maximum absolute atomic E-state index is 13.8. The fourth-order valence-electron chi connectivity index (χ4n) is 4.63. The van der Waals surface area contributed by atoms with Crippen molar-refractivity contribution < 1.29 is 4.79 Å². The molecule has 0 saturated carbocycles. The highest BCUT2D eigenvalue weighted by Crippen LogP contribution is 2.34. The number of nitrogens with zero attached hydrogens (tertiary/aromatic N) is 8. The minimum absolute atomic E-state index is 0.0364. The highest BCUT2D eigenvalue weighted by atomic mass is 16.1. The number of benzene rings is 2. The summed E-state index contributed by atoms with van der Waals surface area (Å²) in [6, 6.07) is 12.8.